The first-order chi connectivity index (χ1) is 9.04. The Kier molecular flexibility index (Phi) is 3.52. The van der Waals surface area contributed by atoms with E-state index in [1.807, 2.05) is 0 Å². The highest BCUT2D eigenvalue weighted by Gasteiger charge is 2.34. The zero-order valence-corrected chi connectivity index (χ0v) is 10.5. The molecule has 0 radical (unpaired) electrons. The Labute approximate surface area is 109 Å². The minimum atomic E-state index is -1.25. The Morgan fingerprint density at radius 3 is 2.95 bits per heavy atom. The summed E-state index contributed by atoms with van der Waals surface area (Å²) in [4.78, 5) is 24.8. The van der Waals surface area contributed by atoms with Crippen LogP contribution in [0, 0.1) is 0 Å². The number of aromatic nitrogens is 2. The fraction of sp³-hybridized carbons (Fsp3) is 0.364. The van der Waals surface area contributed by atoms with Crippen LogP contribution in [0.4, 0.5) is 5.69 Å². The smallest absolute Gasteiger partial charge is 0.345 e. The van der Waals surface area contributed by atoms with Crippen LogP contribution in [0.25, 0.3) is 0 Å². The Bertz CT molecular complexity index is 537. The lowest BCUT2D eigenvalue weighted by atomic mass is 10.2. The van der Waals surface area contributed by atoms with Crippen LogP contribution >= 0.6 is 0 Å². The summed E-state index contributed by atoms with van der Waals surface area (Å²) in [6.45, 7) is 1.81. The molecular formula is C11H14N4O4. The molecule has 1 amide bonds. The van der Waals surface area contributed by atoms with E-state index < -0.39 is 18.2 Å². The van der Waals surface area contributed by atoms with Gasteiger partial charge in [0.25, 0.3) is 5.91 Å². The van der Waals surface area contributed by atoms with E-state index in [4.69, 9.17) is 4.74 Å². The van der Waals surface area contributed by atoms with Crippen LogP contribution < -0.4 is 10.2 Å². The first kappa shape index (κ1) is 13.1. The molecule has 1 unspecified atom stereocenters. The molecule has 0 aromatic carbocycles. The van der Waals surface area contributed by atoms with Crippen molar-refractivity contribution in [2.45, 2.75) is 13.3 Å². The summed E-state index contributed by atoms with van der Waals surface area (Å²) >= 11 is 0. The second-order valence-corrected chi connectivity index (χ2v) is 3.87. The normalized spacial score (nSPS) is 18.9. The number of nitrogens with zero attached hydrogens (tertiary/aromatic N) is 3. The number of rotatable bonds is 3. The summed E-state index contributed by atoms with van der Waals surface area (Å²) in [5, 5.41) is 16.2. The highest BCUT2D eigenvalue weighted by atomic mass is 16.5. The summed E-state index contributed by atoms with van der Waals surface area (Å²) in [6, 6.07) is 0. The van der Waals surface area contributed by atoms with E-state index in [1.54, 1.807) is 20.2 Å². The molecule has 0 aliphatic carbocycles. The number of aliphatic hydroxyl groups is 1. The number of carbonyl (C=O) groups excluding carboxylic acids is 2. The Morgan fingerprint density at radius 1 is 1.63 bits per heavy atom. The van der Waals surface area contributed by atoms with E-state index in [2.05, 4.69) is 10.4 Å². The first-order valence-electron chi connectivity index (χ1n) is 5.68. The predicted octanol–water partition coefficient (Wildman–Crippen LogP) is -0.921. The van der Waals surface area contributed by atoms with Gasteiger partial charge < -0.3 is 15.2 Å². The molecule has 19 heavy (non-hydrogen) atoms. The molecule has 102 valence electrons. The number of amides is 1. The molecule has 8 nitrogen and oxygen atoms in total. The zero-order valence-electron chi connectivity index (χ0n) is 10.5. The van der Waals surface area contributed by atoms with E-state index in [9.17, 15) is 14.7 Å². The maximum atomic E-state index is 12.2. The van der Waals surface area contributed by atoms with Gasteiger partial charge in [-0.1, -0.05) is 0 Å². The number of hydrogen-bond donors (Lipinski definition) is 2. The third-order valence-electron chi connectivity index (χ3n) is 2.54. The summed E-state index contributed by atoms with van der Waals surface area (Å²) < 4.78 is 6.26. The highest BCUT2D eigenvalue weighted by Crippen LogP contribution is 2.20. The number of carbonyl (C=O) groups is 2. The first-order valence-corrected chi connectivity index (χ1v) is 5.68. The van der Waals surface area contributed by atoms with Crippen LogP contribution in [0.5, 0.6) is 0 Å². The van der Waals surface area contributed by atoms with Crippen molar-refractivity contribution in [2.24, 2.45) is 7.05 Å². The molecule has 1 aromatic rings. The van der Waals surface area contributed by atoms with Crippen molar-refractivity contribution in [1.82, 2.24) is 15.1 Å². The third kappa shape index (κ3) is 2.43. The number of ether oxygens (including phenoxy) is 1. The molecule has 0 saturated heterocycles. The van der Waals surface area contributed by atoms with Crippen molar-refractivity contribution in [3.8, 4) is 0 Å². The molecule has 1 aliphatic heterocycles. The quantitative estimate of drug-likeness (QED) is 0.542. The number of aryl methyl sites for hydroxylation is 1. The molecule has 0 bridgehead atoms. The van der Waals surface area contributed by atoms with E-state index >= 15 is 0 Å². The van der Waals surface area contributed by atoms with Gasteiger partial charge in [-0.3, -0.25) is 14.4 Å². The molecular weight excluding hydrogens is 252 g/mol. The average molecular weight is 266 g/mol. The summed E-state index contributed by atoms with van der Waals surface area (Å²) in [6.07, 6.45) is 2.86. The van der Waals surface area contributed by atoms with Crippen molar-refractivity contribution in [2.75, 3.05) is 11.5 Å². The van der Waals surface area contributed by atoms with Gasteiger partial charge in [0, 0.05) is 19.4 Å². The minimum absolute atomic E-state index is 0.166. The van der Waals surface area contributed by atoms with E-state index in [1.165, 1.54) is 10.9 Å². The lowest BCUT2D eigenvalue weighted by Crippen LogP contribution is -2.52. The lowest BCUT2D eigenvalue weighted by molar-refractivity contribution is -0.140. The largest absolute Gasteiger partial charge is 0.462 e. The zero-order chi connectivity index (χ0) is 14.0. The molecule has 0 saturated carbocycles. The summed E-state index contributed by atoms with van der Waals surface area (Å²) in [7, 11) is 1.68. The number of hydrogen-bond acceptors (Lipinski definition) is 6. The molecule has 0 fully saturated rings. The van der Waals surface area contributed by atoms with Crippen molar-refractivity contribution in [1.29, 1.82) is 0 Å². The van der Waals surface area contributed by atoms with E-state index in [0.29, 0.717) is 5.69 Å². The Hall–Kier alpha value is -2.35. The van der Waals surface area contributed by atoms with Gasteiger partial charge in [0.15, 0.2) is 0 Å². The SMILES string of the molecule is CCOC(=O)C1=CNC(O)N(c2cnn(C)c2)C1=O. The average Bonchev–Trinajstić information content (AvgIpc) is 2.76. The van der Waals surface area contributed by atoms with Gasteiger partial charge in [0.1, 0.15) is 5.57 Å². The summed E-state index contributed by atoms with van der Waals surface area (Å²) in [5.74, 6) is -1.38. The molecule has 1 aliphatic rings. The van der Waals surface area contributed by atoms with E-state index in [-0.39, 0.29) is 12.2 Å². The van der Waals surface area contributed by atoms with Crippen LogP contribution in [-0.2, 0) is 21.4 Å². The molecule has 1 aromatic heterocycles. The van der Waals surface area contributed by atoms with Crippen molar-refractivity contribution >= 4 is 17.6 Å². The molecule has 2 rings (SSSR count). The second kappa shape index (κ2) is 5.11. The fourth-order valence-corrected chi connectivity index (χ4v) is 1.68. The second-order valence-electron chi connectivity index (χ2n) is 3.87. The highest BCUT2D eigenvalue weighted by molar-refractivity contribution is 6.22. The van der Waals surface area contributed by atoms with Crippen LogP contribution in [0.1, 0.15) is 6.92 Å². The van der Waals surface area contributed by atoms with Crippen molar-refractivity contribution in [3.05, 3.63) is 24.2 Å². The van der Waals surface area contributed by atoms with Gasteiger partial charge in [-0.2, -0.15) is 5.10 Å². The number of aliphatic hydroxyl groups excluding tert-OH is 1. The van der Waals surface area contributed by atoms with Crippen molar-refractivity contribution in [3.63, 3.8) is 0 Å². The van der Waals surface area contributed by atoms with Crippen LogP contribution in [0.3, 0.4) is 0 Å². The monoisotopic (exact) mass is 266 g/mol. The summed E-state index contributed by atoms with van der Waals surface area (Å²) in [5.41, 5.74) is 0.207. The molecule has 2 heterocycles. The van der Waals surface area contributed by atoms with Gasteiger partial charge in [-0.05, 0) is 6.92 Å². The van der Waals surface area contributed by atoms with Gasteiger partial charge in [0.2, 0.25) is 6.35 Å². The van der Waals surface area contributed by atoms with Gasteiger partial charge >= 0.3 is 5.97 Å². The van der Waals surface area contributed by atoms with Crippen LogP contribution in [0.15, 0.2) is 24.2 Å². The fourth-order valence-electron chi connectivity index (χ4n) is 1.68. The number of esters is 1. The molecule has 2 N–H and O–H groups in total. The maximum absolute atomic E-state index is 12.2. The lowest BCUT2D eigenvalue weighted by Gasteiger charge is -2.30. The number of nitrogens with one attached hydrogen (secondary N) is 1. The molecule has 0 spiro atoms. The van der Waals surface area contributed by atoms with Gasteiger partial charge in [0.05, 0.1) is 18.5 Å². The molecule has 8 heteroatoms. The van der Waals surface area contributed by atoms with Crippen molar-refractivity contribution < 1.29 is 19.4 Å². The molecule has 1 atom stereocenters. The van der Waals surface area contributed by atoms with E-state index in [0.717, 1.165) is 11.1 Å². The third-order valence-corrected chi connectivity index (χ3v) is 2.54. The van der Waals surface area contributed by atoms with Gasteiger partial charge in [-0.15, -0.1) is 0 Å². The predicted molar refractivity (Wildman–Crippen MR) is 64.6 cm³/mol. The van der Waals surface area contributed by atoms with Gasteiger partial charge in [-0.25, -0.2) is 4.79 Å². The maximum Gasteiger partial charge on any atom is 0.345 e. The minimum Gasteiger partial charge on any atom is -0.462 e. The Balaban J connectivity index is 2.29. The standard InChI is InChI=1S/C11H14N4O4/c1-3-19-10(17)8-5-12-11(18)15(9(8)16)7-4-13-14(2)6-7/h4-6,11-12,18H,3H2,1-2H3. The topological polar surface area (TPSA) is 96.7 Å². The van der Waals surface area contributed by atoms with Crippen LogP contribution in [-0.4, -0.2) is 39.7 Å². The Morgan fingerprint density at radius 2 is 2.37 bits per heavy atom. The van der Waals surface area contributed by atoms with Crippen LogP contribution in [0.2, 0.25) is 0 Å². The number of anilines is 1.